The van der Waals surface area contributed by atoms with Crippen molar-refractivity contribution in [2.45, 2.75) is 44.0 Å². The van der Waals surface area contributed by atoms with E-state index in [1.54, 1.807) is 41.1 Å². The Kier molecular flexibility index (Phi) is 6.71. The molecule has 32 heavy (non-hydrogen) atoms. The highest BCUT2D eigenvalue weighted by Gasteiger charge is 2.44. The zero-order valence-electron chi connectivity index (χ0n) is 17.4. The molecule has 4 rings (SSSR count). The van der Waals surface area contributed by atoms with Crippen LogP contribution in [0.2, 0.25) is 5.02 Å². The van der Waals surface area contributed by atoms with Crippen LogP contribution in [-0.4, -0.2) is 62.6 Å². The molecule has 0 spiro atoms. The molecule has 1 saturated heterocycles. The largest absolute Gasteiger partial charge is 0.494 e. The van der Waals surface area contributed by atoms with Crippen LogP contribution in [-0.2, 0) is 11.3 Å². The first kappa shape index (κ1) is 23.0. The van der Waals surface area contributed by atoms with Crippen LogP contribution in [0.15, 0.2) is 42.6 Å². The molecule has 7 nitrogen and oxygen atoms in total. The highest BCUT2D eigenvalue weighted by molar-refractivity contribution is 6.31. The lowest BCUT2D eigenvalue weighted by Crippen LogP contribution is -2.55. The molecule has 2 aromatic carbocycles. The molecule has 5 atom stereocenters. The lowest BCUT2D eigenvalue weighted by molar-refractivity contribution is -0.231. The van der Waals surface area contributed by atoms with E-state index in [1.165, 1.54) is 6.07 Å². The Morgan fingerprint density at radius 1 is 1.09 bits per heavy atom. The van der Waals surface area contributed by atoms with Crippen LogP contribution in [0.3, 0.4) is 0 Å². The Labute approximate surface area is 189 Å². The summed E-state index contributed by atoms with van der Waals surface area (Å²) in [5.74, 6) is 0.0288. The van der Waals surface area contributed by atoms with Crippen molar-refractivity contribution in [3.8, 4) is 5.75 Å². The summed E-state index contributed by atoms with van der Waals surface area (Å²) in [7, 11) is 0. The molecule has 0 unspecified atom stereocenters. The minimum Gasteiger partial charge on any atom is -0.494 e. The Morgan fingerprint density at radius 3 is 2.56 bits per heavy atom. The van der Waals surface area contributed by atoms with E-state index >= 15 is 0 Å². The Morgan fingerprint density at radius 2 is 1.88 bits per heavy atom. The van der Waals surface area contributed by atoms with Crippen LogP contribution in [0.5, 0.6) is 5.75 Å². The van der Waals surface area contributed by atoms with Crippen LogP contribution in [0.4, 0.5) is 4.39 Å². The molecule has 3 aromatic rings. The number of aliphatic hydroxyl groups excluding tert-OH is 4. The molecular formula is C23H25ClFNO6. The second kappa shape index (κ2) is 9.35. The third kappa shape index (κ3) is 4.22. The van der Waals surface area contributed by atoms with E-state index in [-0.39, 0.29) is 6.54 Å². The topological polar surface area (TPSA) is 104 Å². The molecule has 4 N–H and O–H groups in total. The van der Waals surface area contributed by atoms with Gasteiger partial charge in [0.1, 0.15) is 42.1 Å². The van der Waals surface area contributed by atoms with Crippen molar-refractivity contribution in [3.63, 3.8) is 0 Å². The third-order valence-electron chi connectivity index (χ3n) is 5.75. The van der Waals surface area contributed by atoms with Gasteiger partial charge in [-0.15, -0.1) is 0 Å². The molecule has 9 heteroatoms. The first-order chi connectivity index (χ1) is 15.3. The number of hydrogen-bond donors (Lipinski definition) is 4. The summed E-state index contributed by atoms with van der Waals surface area (Å²) in [5, 5.41) is 41.5. The van der Waals surface area contributed by atoms with Gasteiger partial charge in [-0.1, -0.05) is 17.7 Å². The highest BCUT2D eigenvalue weighted by Crippen LogP contribution is 2.38. The monoisotopic (exact) mass is 465 g/mol. The zero-order chi connectivity index (χ0) is 23.0. The normalized spacial score (nSPS) is 25.9. The zero-order valence-corrected chi connectivity index (χ0v) is 18.1. The maximum Gasteiger partial charge on any atom is 0.131 e. The number of hydrogen-bond acceptors (Lipinski definition) is 6. The summed E-state index contributed by atoms with van der Waals surface area (Å²) in [4.78, 5) is 0. The molecule has 0 radical (unpaired) electrons. The van der Waals surface area contributed by atoms with Gasteiger partial charge in [-0.2, -0.15) is 0 Å². The van der Waals surface area contributed by atoms with Crippen molar-refractivity contribution in [1.29, 1.82) is 0 Å². The fourth-order valence-electron chi connectivity index (χ4n) is 4.11. The number of ether oxygens (including phenoxy) is 2. The van der Waals surface area contributed by atoms with E-state index in [0.717, 1.165) is 5.52 Å². The van der Waals surface area contributed by atoms with Gasteiger partial charge in [0, 0.05) is 39.3 Å². The van der Waals surface area contributed by atoms with Gasteiger partial charge in [0.25, 0.3) is 0 Å². The molecule has 1 aliphatic rings. The van der Waals surface area contributed by atoms with Gasteiger partial charge in [-0.3, -0.25) is 0 Å². The predicted molar refractivity (Wildman–Crippen MR) is 116 cm³/mol. The number of rotatable bonds is 6. The summed E-state index contributed by atoms with van der Waals surface area (Å²) in [5.41, 5.74) is 1.65. The summed E-state index contributed by atoms with van der Waals surface area (Å²) in [6, 6.07) is 9.85. The van der Waals surface area contributed by atoms with E-state index in [4.69, 9.17) is 21.1 Å². The van der Waals surface area contributed by atoms with Gasteiger partial charge in [-0.05, 0) is 31.2 Å². The number of aliphatic hydroxyl groups is 4. The molecule has 0 amide bonds. The lowest BCUT2D eigenvalue weighted by atomic mass is 9.91. The predicted octanol–water partition coefficient (Wildman–Crippen LogP) is 2.40. The molecule has 2 heterocycles. The van der Waals surface area contributed by atoms with Crippen molar-refractivity contribution in [1.82, 2.24) is 4.57 Å². The quantitative estimate of drug-likeness (QED) is 0.445. The maximum absolute atomic E-state index is 14.7. The molecular weight excluding hydrogens is 441 g/mol. The van der Waals surface area contributed by atoms with Crippen molar-refractivity contribution < 1.29 is 34.3 Å². The number of aromatic nitrogens is 1. The third-order valence-corrected chi connectivity index (χ3v) is 5.98. The summed E-state index contributed by atoms with van der Waals surface area (Å²) < 4.78 is 27.5. The molecule has 1 aliphatic heterocycles. The van der Waals surface area contributed by atoms with Crippen LogP contribution < -0.4 is 4.74 Å². The van der Waals surface area contributed by atoms with Crippen molar-refractivity contribution in [2.75, 3.05) is 13.2 Å². The van der Waals surface area contributed by atoms with Gasteiger partial charge < -0.3 is 34.5 Å². The van der Waals surface area contributed by atoms with Crippen molar-refractivity contribution in [3.05, 3.63) is 64.6 Å². The first-order valence-corrected chi connectivity index (χ1v) is 10.7. The van der Waals surface area contributed by atoms with E-state index in [1.807, 2.05) is 6.92 Å². The fraction of sp³-hybridized carbons (Fsp3) is 0.391. The Balaban J connectivity index is 1.75. The minimum absolute atomic E-state index is 0.188. The van der Waals surface area contributed by atoms with Crippen LogP contribution in [0.25, 0.3) is 10.9 Å². The molecule has 1 aromatic heterocycles. The van der Waals surface area contributed by atoms with E-state index in [2.05, 4.69) is 0 Å². The van der Waals surface area contributed by atoms with E-state index < -0.39 is 42.9 Å². The summed E-state index contributed by atoms with van der Waals surface area (Å²) in [6.45, 7) is 1.92. The lowest BCUT2D eigenvalue weighted by Gasteiger charge is -2.40. The average Bonchev–Trinajstić information content (AvgIpc) is 3.11. The SMILES string of the molecule is CCOc1ccc(Cn2cc([C@@H]3O[C@H](CO)[C@@H](O)[C@H](O)[C@H]3O)c3cc(Cl)ccc32)c(F)c1. The maximum atomic E-state index is 14.7. The van der Waals surface area contributed by atoms with Gasteiger partial charge in [0.15, 0.2) is 0 Å². The van der Waals surface area contributed by atoms with Gasteiger partial charge >= 0.3 is 0 Å². The van der Waals surface area contributed by atoms with Gasteiger partial charge in [0.2, 0.25) is 0 Å². The summed E-state index contributed by atoms with van der Waals surface area (Å²) >= 11 is 6.20. The molecule has 172 valence electrons. The number of nitrogens with zero attached hydrogens (tertiary/aromatic N) is 1. The van der Waals surface area contributed by atoms with Crippen LogP contribution in [0, 0.1) is 5.82 Å². The van der Waals surface area contributed by atoms with Crippen molar-refractivity contribution >= 4 is 22.5 Å². The average molecular weight is 466 g/mol. The molecule has 1 fully saturated rings. The van der Waals surface area contributed by atoms with Gasteiger partial charge in [-0.25, -0.2) is 4.39 Å². The van der Waals surface area contributed by atoms with Crippen molar-refractivity contribution in [2.24, 2.45) is 0 Å². The van der Waals surface area contributed by atoms with E-state index in [9.17, 15) is 24.8 Å². The Hall–Kier alpha value is -2.20. The van der Waals surface area contributed by atoms with Gasteiger partial charge in [0.05, 0.1) is 19.8 Å². The van der Waals surface area contributed by atoms with Crippen LogP contribution >= 0.6 is 11.6 Å². The Bertz CT molecular complexity index is 1100. The second-order valence-corrected chi connectivity index (χ2v) is 8.25. The highest BCUT2D eigenvalue weighted by atomic mass is 35.5. The minimum atomic E-state index is -1.51. The fourth-order valence-corrected chi connectivity index (χ4v) is 4.28. The first-order valence-electron chi connectivity index (χ1n) is 10.3. The smallest absolute Gasteiger partial charge is 0.131 e. The number of halogens is 2. The standard InChI is InChI=1S/C23H25ClFNO6/c1-2-31-14-5-3-12(17(25)8-14)9-26-10-16(15-7-13(24)4-6-18(15)26)23-22(30)21(29)20(28)19(11-27)32-23/h3-8,10,19-23,27-30H,2,9,11H2,1H3/t19-,20-,21+,22-,23+/m1/s1. The number of fused-ring (bicyclic) bond motifs is 1. The number of benzene rings is 2. The van der Waals surface area contributed by atoms with Crippen LogP contribution in [0.1, 0.15) is 24.2 Å². The molecule has 0 saturated carbocycles. The second-order valence-electron chi connectivity index (χ2n) is 7.81. The summed E-state index contributed by atoms with van der Waals surface area (Å²) in [6.07, 6.45) is -4.78. The van der Waals surface area contributed by atoms with E-state index in [0.29, 0.717) is 33.9 Å². The molecule has 0 bridgehead atoms. The molecule has 0 aliphatic carbocycles.